The molecule has 0 saturated carbocycles. The van der Waals surface area contributed by atoms with Crippen LogP contribution in [0, 0.1) is 17.5 Å². The van der Waals surface area contributed by atoms with Crippen molar-refractivity contribution in [1.82, 2.24) is 14.5 Å². The van der Waals surface area contributed by atoms with Crippen LogP contribution in [0.1, 0.15) is 12.7 Å². The van der Waals surface area contributed by atoms with Crippen molar-refractivity contribution in [2.45, 2.75) is 20.0 Å². The number of carbonyl (C=O) groups is 1. The van der Waals surface area contributed by atoms with Gasteiger partial charge in [0.15, 0.2) is 11.6 Å². The van der Waals surface area contributed by atoms with Crippen molar-refractivity contribution in [3.63, 3.8) is 0 Å². The van der Waals surface area contributed by atoms with E-state index in [1.165, 1.54) is 32.2 Å². The molecule has 30 heavy (non-hydrogen) atoms. The summed E-state index contributed by atoms with van der Waals surface area (Å²) >= 11 is 0. The Morgan fingerprint density at radius 2 is 1.87 bits per heavy atom. The third kappa shape index (κ3) is 3.58. The van der Waals surface area contributed by atoms with Crippen molar-refractivity contribution < 1.29 is 22.7 Å². The second-order valence-electron chi connectivity index (χ2n) is 6.92. The number of imidazole rings is 1. The number of anilines is 2. The van der Waals surface area contributed by atoms with E-state index in [0.29, 0.717) is 42.5 Å². The topological polar surface area (TPSA) is 59.4 Å². The predicted octanol–water partition coefficient (Wildman–Crippen LogP) is 4.08. The maximum Gasteiger partial charge on any atom is 0.219 e. The Hall–Kier alpha value is -3.49. The van der Waals surface area contributed by atoms with Crippen molar-refractivity contribution in [1.29, 1.82) is 0 Å². The molecule has 6 nitrogen and oxygen atoms in total. The molecule has 1 aromatic heterocycles. The van der Waals surface area contributed by atoms with Crippen LogP contribution in [-0.4, -0.2) is 34.0 Å². The summed E-state index contributed by atoms with van der Waals surface area (Å²) in [4.78, 5) is 18.1. The minimum absolute atomic E-state index is 0.0626. The molecule has 0 fully saturated rings. The highest BCUT2D eigenvalue weighted by Crippen LogP contribution is 2.35. The van der Waals surface area contributed by atoms with Gasteiger partial charge in [0.2, 0.25) is 11.7 Å². The van der Waals surface area contributed by atoms with Gasteiger partial charge >= 0.3 is 0 Å². The van der Waals surface area contributed by atoms with E-state index in [4.69, 9.17) is 4.74 Å². The lowest BCUT2D eigenvalue weighted by atomic mass is 10.1. The molecule has 9 heteroatoms. The number of nitrogens with zero attached hydrogens (tertiary/aromatic N) is 3. The van der Waals surface area contributed by atoms with Crippen LogP contribution in [0.15, 0.2) is 36.4 Å². The van der Waals surface area contributed by atoms with Crippen molar-refractivity contribution in [3.8, 4) is 17.0 Å². The average molecular weight is 416 g/mol. The number of halogens is 3. The molecule has 0 spiro atoms. The number of ether oxygens (including phenoxy) is 1. The smallest absolute Gasteiger partial charge is 0.219 e. The van der Waals surface area contributed by atoms with Gasteiger partial charge in [0.05, 0.1) is 13.7 Å². The fraction of sp³-hybridized carbons (Fsp3) is 0.238. The van der Waals surface area contributed by atoms with Gasteiger partial charge in [0.25, 0.3) is 0 Å². The van der Waals surface area contributed by atoms with Crippen LogP contribution in [-0.2, 0) is 17.9 Å². The summed E-state index contributed by atoms with van der Waals surface area (Å²) in [5.41, 5.74) is 1.43. The Kier molecular flexibility index (Phi) is 5.11. The molecule has 1 aliphatic heterocycles. The van der Waals surface area contributed by atoms with Gasteiger partial charge in [-0.25, -0.2) is 13.8 Å². The maximum absolute atomic E-state index is 14.0. The van der Waals surface area contributed by atoms with Gasteiger partial charge in [-0.1, -0.05) is 0 Å². The number of aromatic nitrogens is 2. The van der Waals surface area contributed by atoms with Crippen LogP contribution < -0.4 is 10.1 Å². The number of hydrogen-bond donors (Lipinski definition) is 1. The third-order valence-corrected chi connectivity index (χ3v) is 5.01. The molecule has 0 saturated heterocycles. The first-order valence-electron chi connectivity index (χ1n) is 9.28. The standard InChI is InChI=1S/C21H19F3N4O2/c1-12(29)27-7-8-28-18(11-27)26-20(13-3-5-14(22)6-4-13)21(28)25-15-9-16(23)19(24)17(10-15)30-2/h3-6,9-10,25H,7-8,11H2,1-2H3. The zero-order chi connectivity index (χ0) is 21.4. The first-order chi connectivity index (χ1) is 14.4. The lowest BCUT2D eigenvalue weighted by molar-refractivity contribution is -0.130. The van der Waals surface area contributed by atoms with E-state index in [0.717, 1.165) is 6.07 Å². The number of rotatable bonds is 4. The summed E-state index contributed by atoms with van der Waals surface area (Å²) in [5, 5.41) is 3.10. The van der Waals surface area contributed by atoms with Gasteiger partial charge < -0.3 is 19.5 Å². The van der Waals surface area contributed by atoms with E-state index in [2.05, 4.69) is 10.3 Å². The number of methoxy groups -OCH3 is 1. The first-order valence-corrected chi connectivity index (χ1v) is 9.28. The van der Waals surface area contributed by atoms with Gasteiger partial charge in [-0.2, -0.15) is 4.39 Å². The summed E-state index contributed by atoms with van der Waals surface area (Å²) in [7, 11) is 1.25. The van der Waals surface area contributed by atoms with Gasteiger partial charge in [0, 0.05) is 43.4 Å². The Morgan fingerprint density at radius 3 is 2.53 bits per heavy atom. The SMILES string of the molecule is COc1cc(Nc2c(-c3ccc(F)cc3)nc3n2CCN(C(C)=O)C3)cc(F)c1F. The van der Waals surface area contributed by atoms with Gasteiger partial charge in [-0.15, -0.1) is 0 Å². The summed E-state index contributed by atoms with van der Waals surface area (Å²) in [6.45, 7) is 2.75. The molecular weight excluding hydrogens is 397 g/mol. The summed E-state index contributed by atoms with van der Waals surface area (Å²) in [5.74, 6) is -1.64. The summed E-state index contributed by atoms with van der Waals surface area (Å²) in [6.07, 6.45) is 0. The van der Waals surface area contributed by atoms with E-state index in [1.54, 1.807) is 17.0 Å². The minimum Gasteiger partial charge on any atom is -0.493 e. The number of fused-ring (bicyclic) bond motifs is 1. The second kappa shape index (κ2) is 7.74. The molecule has 156 valence electrons. The molecule has 4 rings (SSSR count). The highest BCUT2D eigenvalue weighted by atomic mass is 19.2. The van der Waals surface area contributed by atoms with E-state index in [9.17, 15) is 18.0 Å². The average Bonchev–Trinajstić information content (AvgIpc) is 3.08. The van der Waals surface area contributed by atoms with Crippen LogP contribution in [0.2, 0.25) is 0 Å². The lowest BCUT2D eigenvalue weighted by Crippen LogP contribution is -2.37. The quantitative estimate of drug-likeness (QED) is 0.696. The molecule has 0 aliphatic carbocycles. The Labute approximate surface area is 170 Å². The van der Waals surface area contributed by atoms with Crippen molar-refractivity contribution in [2.24, 2.45) is 0 Å². The number of benzene rings is 2. The summed E-state index contributed by atoms with van der Waals surface area (Å²) in [6, 6.07) is 8.18. The Morgan fingerprint density at radius 1 is 1.13 bits per heavy atom. The van der Waals surface area contributed by atoms with Crippen LogP contribution in [0.5, 0.6) is 5.75 Å². The third-order valence-electron chi connectivity index (χ3n) is 5.01. The van der Waals surface area contributed by atoms with Crippen molar-refractivity contribution in [2.75, 3.05) is 19.0 Å². The molecule has 3 aromatic rings. The molecular formula is C21H19F3N4O2. The number of hydrogen-bond acceptors (Lipinski definition) is 4. The largest absolute Gasteiger partial charge is 0.493 e. The van der Waals surface area contributed by atoms with E-state index < -0.39 is 11.6 Å². The highest BCUT2D eigenvalue weighted by molar-refractivity contribution is 5.78. The van der Waals surface area contributed by atoms with Crippen molar-refractivity contribution >= 4 is 17.4 Å². The van der Waals surface area contributed by atoms with Gasteiger partial charge in [-0.05, 0) is 24.3 Å². The van der Waals surface area contributed by atoms with E-state index in [1.807, 2.05) is 4.57 Å². The molecule has 1 aliphatic rings. The van der Waals surface area contributed by atoms with Crippen molar-refractivity contribution in [3.05, 3.63) is 59.7 Å². The van der Waals surface area contributed by atoms with Crippen LogP contribution in [0.25, 0.3) is 11.3 Å². The molecule has 0 atom stereocenters. The molecule has 0 radical (unpaired) electrons. The van der Waals surface area contributed by atoms with E-state index >= 15 is 0 Å². The molecule has 2 aromatic carbocycles. The molecule has 0 unspecified atom stereocenters. The normalized spacial score (nSPS) is 13.2. The summed E-state index contributed by atoms with van der Waals surface area (Å²) < 4.78 is 48.0. The van der Waals surface area contributed by atoms with Crippen LogP contribution in [0.3, 0.4) is 0 Å². The Bertz CT molecular complexity index is 1110. The number of nitrogens with one attached hydrogen (secondary N) is 1. The van der Waals surface area contributed by atoms with Gasteiger partial charge in [-0.3, -0.25) is 4.79 Å². The fourth-order valence-electron chi connectivity index (χ4n) is 3.46. The number of amides is 1. The molecule has 1 amide bonds. The van der Waals surface area contributed by atoms with Gasteiger partial charge in [0.1, 0.15) is 23.2 Å². The monoisotopic (exact) mass is 416 g/mol. The molecule has 1 N–H and O–H groups in total. The molecule has 0 bridgehead atoms. The van der Waals surface area contributed by atoms with E-state index in [-0.39, 0.29) is 23.2 Å². The minimum atomic E-state index is -1.07. The van der Waals surface area contributed by atoms with Crippen LogP contribution in [0.4, 0.5) is 24.7 Å². The zero-order valence-corrected chi connectivity index (χ0v) is 16.4. The second-order valence-corrected chi connectivity index (χ2v) is 6.92. The number of carbonyl (C=O) groups excluding carboxylic acids is 1. The fourth-order valence-corrected chi connectivity index (χ4v) is 3.46. The maximum atomic E-state index is 14.0. The first kappa shape index (κ1) is 19.8. The Balaban J connectivity index is 1.81. The predicted molar refractivity (Wildman–Crippen MR) is 105 cm³/mol. The zero-order valence-electron chi connectivity index (χ0n) is 16.4. The molecule has 2 heterocycles. The highest BCUT2D eigenvalue weighted by Gasteiger charge is 2.26. The lowest BCUT2D eigenvalue weighted by Gasteiger charge is -2.27. The van der Waals surface area contributed by atoms with Crippen LogP contribution >= 0.6 is 0 Å².